The number of nitrogens with one attached hydrogen (secondary N) is 2. The van der Waals surface area contributed by atoms with E-state index in [9.17, 15) is 9.59 Å². The fraction of sp³-hybridized carbons (Fsp3) is 0.556. The van der Waals surface area contributed by atoms with Gasteiger partial charge in [0.25, 0.3) is 0 Å². The zero-order valence-corrected chi connectivity index (χ0v) is 51.0. The number of aromatic nitrogens is 2. The Morgan fingerprint density at radius 2 is 0.952 bits per heavy atom. The van der Waals surface area contributed by atoms with Crippen LogP contribution in [0.4, 0.5) is 0 Å². The van der Waals surface area contributed by atoms with E-state index in [4.69, 9.17) is 9.47 Å². The number of aromatic amines is 2. The Kier molecular flexibility index (Phi) is 16.9. The van der Waals surface area contributed by atoms with E-state index in [1.54, 1.807) is 14.2 Å². The first-order valence-electron chi connectivity index (χ1n) is 32.5. The highest BCUT2D eigenvalue weighted by Gasteiger charge is 2.50. The zero-order chi connectivity index (χ0) is 57.6. The van der Waals surface area contributed by atoms with E-state index in [1.165, 1.54) is 117 Å². The van der Waals surface area contributed by atoms with Gasteiger partial charge in [0.15, 0.2) is 0 Å². The first-order chi connectivity index (χ1) is 41.0. The molecule has 10 heterocycles. The summed E-state index contributed by atoms with van der Waals surface area (Å²) < 4.78 is 10.4. The van der Waals surface area contributed by atoms with Gasteiger partial charge in [-0.1, -0.05) is 98.8 Å². The molecule has 84 heavy (non-hydrogen) atoms. The molecule has 0 radical (unpaired) electrons. The monoisotopic (exact) mass is 1130 g/mol. The van der Waals surface area contributed by atoms with Crippen molar-refractivity contribution in [2.75, 3.05) is 66.6 Å². The van der Waals surface area contributed by atoms with E-state index < -0.39 is 0 Å². The molecule has 444 valence electrons. The molecule has 2 N–H and O–H groups in total. The van der Waals surface area contributed by atoms with Crippen LogP contribution in [0.1, 0.15) is 161 Å². The number of benzene rings is 4. The third-order valence-electron chi connectivity index (χ3n) is 22.3. The molecule has 8 aliphatic heterocycles. The number of methoxy groups -OCH3 is 2. The second-order valence-corrected chi connectivity index (χ2v) is 26.8. The second-order valence-electron chi connectivity index (χ2n) is 26.8. The summed E-state index contributed by atoms with van der Waals surface area (Å²) in [5, 5.41) is 2.76. The first-order valence-corrected chi connectivity index (χ1v) is 32.5. The molecule has 2 aromatic heterocycles. The number of aliphatic imine (C=N–C) groups is 2. The molecule has 4 aromatic carbocycles. The largest absolute Gasteiger partial charge is 0.469 e. The highest BCUT2D eigenvalue weighted by molar-refractivity contribution is 5.89. The van der Waals surface area contributed by atoms with Crippen molar-refractivity contribution in [3.63, 3.8) is 0 Å². The Bertz CT molecular complexity index is 3170. The van der Waals surface area contributed by atoms with Gasteiger partial charge >= 0.3 is 11.9 Å². The minimum Gasteiger partial charge on any atom is -0.469 e. The Morgan fingerprint density at radius 3 is 1.36 bits per heavy atom. The summed E-state index contributed by atoms with van der Waals surface area (Å²) in [6.45, 7) is 20.0. The summed E-state index contributed by atoms with van der Waals surface area (Å²) in [6.07, 6.45) is 14.1. The van der Waals surface area contributed by atoms with E-state index in [-0.39, 0.29) is 23.8 Å². The molecule has 0 amide bonds. The number of para-hydroxylation sites is 2. The molecule has 6 aromatic rings. The zero-order valence-electron chi connectivity index (χ0n) is 51.0. The summed E-state index contributed by atoms with van der Waals surface area (Å²) >= 11 is 0. The molecule has 2 aliphatic carbocycles. The number of hydrogen-bond donors (Lipinski definition) is 2. The molecule has 0 bridgehead atoms. The Labute approximate surface area is 499 Å². The van der Waals surface area contributed by atoms with E-state index in [1.807, 2.05) is 0 Å². The maximum absolute atomic E-state index is 12.5. The number of ether oxygens (including phenoxy) is 2. The average molecular weight is 1130 g/mol. The van der Waals surface area contributed by atoms with Gasteiger partial charge in [0.1, 0.15) is 0 Å². The van der Waals surface area contributed by atoms with Gasteiger partial charge in [0.05, 0.1) is 38.1 Å². The molecule has 12 heteroatoms. The molecule has 4 fully saturated rings. The van der Waals surface area contributed by atoms with Crippen molar-refractivity contribution in [3.05, 3.63) is 142 Å². The van der Waals surface area contributed by atoms with Crippen molar-refractivity contribution < 1.29 is 19.1 Å². The van der Waals surface area contributed by atoms with E-state index in [0.29, 0.717) is 59.7 Å². The molecule has 0 spiro atoms. The van der Waals surface area contributed by atoms with Gasteiger partial charge in [0, 0.05) is 122 Å². The Morgan fingerprint density at radius 1 is 0.536 bits per heavy atom. The van der Waals surface area contributed by atoms with Crippen LogP contribution in [0.5, 0.6) is 0 Å². The molecular weight excluding hydrogens is 1040 g/mol. The minimum absolute atomic E-state index is 0.00771. The number of piperidine rings is 2. The fourth-order valence-corrected chi connectivity index (χ4v) is 17.8. The van der Waals surface area contributed by atoms with Crippen LogP contribution in [0.15, 0.2) is 107 Å². The topological polar surface area (TPSA) is 122 Å². The summed E-state index contributed by atoms with van der Waals surface area (Å²) in [5.74, 6) is 3.18. The van der Waals surface area contributed by atoms with Crippen LogP contribution in [-0.4, -0.2) is 120 Å². The lowest BCUT2D eigenvalue weighted by molar-refractivity contribution is -0.156. The van der Waals surface area contributed by atoms with Crippen molar-refractivity contribution in [3.8, 4) is 0 Å². The van der Waals surface area contributed by atoms with Crippen LogP contribution >= 0.6 is 0 Å². The van der Waals surface area contributed by atoms with Crippen LogP contribution in [0.3, 0.4) is 0 Å². The van der Waals surface area contributed by atoms with Crippen molar-refractivity contribution in [1.82, 2.24) is 29.6 Å². The van der Waals surface area contributed by atoms with Gasteiger partial charge in [-0.3, -0.25) is 39.2 Å². The highest BCUT2D eigenvalue weighted by Crippen LogP contribution is 2.53. The SMILES string of the molecule is CC1c2ccccc2CN1CC1=NCCC1.COC(=O)[C@@H]1[C@H]2C[C@H]3c4[nH]c5ccccc5c4CCN3C[C@@H]2CC[C@@H]1C.COC(=O)[C@H]1[C@H]2C[C@H]3c4[nH]c5ccccc5c4CCN3C[C@H]2CC[C@@H]1C.C[C@@H]1c2ccccc2CN1CC1=NCCC1. The van der Waals surface area contributed by atoms with Crippen LogP contribution in [0.25, 0.3) is 21.8 Å². The van der Waals surface area contributed by atoms with Crippen LogP contribution in [0.2, 0.25) is 0 Å². The number of carbonyl (C=O) groups excluding carboxylic acids is 2. The van der Waals surface area contributed by atoms with E-state index in [0.717, 1.165) is 104 Å². The molecule has 12 nitrogen and oxygen atoms in total. The number of hydrogen-bond acceptors (Lipinski definition) is 10. The van der Waals surface area contributed by atoms with E-state index in [2.05, 4.69) is 164 Å². The predicted molar refractivity (Wildman–Crippen MR) is 337 cm³/mol. The van der Waals surface area contributed by atoms with Crippen LogP contribution in [0, 0.1) is 47.3 Å². The summed E-state index contributed by atoms with van der Waals surface area (Å²) in [7, 11) is 3.09. The van der Waals surface area contributed by atoms with Crippen molar-refractivity contribution in [1.29, 1.82) is 0 Å². The molecule has 1 unspecified atom stereocenters. The molecule has 10 aliphatic rings. The van der Waals surface area contributed by atoms with Crippen molar-refractivity contribution in [2.45, 2.75) is 142 Å². The lowest BCUT2D eigenvalue weighted by Gasteiger charge is -2.51. The minimum atomic E-state index is 0.00771. The maximum Gasteiger partial charge on any atom is 0.309 e. The number of rotatable bonds is 6. The first kappa shape index (κ1) is 57.2. The van der Waals surface area contributed by atoms with Crippen LogP contribution < -0.4 is 0 Å². The van der Waals surface area contributed by atoms with E-state index >= 15 is 0 Å². The summed E-state index contributed by atoms with van der Waals surface area (Å²) in [6, 6.07) is 36.9. The number of esters is 2. The third kappa shape index (κ3) is 11.2. The van der Waals surface area contributed by atoms with Crippen molar-refractivity contribution in [2.24, 2.45) is 57.3 Å². The number of fused-ring (bicyclic) bond motifs is 14. The molecule has 2 saturated carbocycles. The molecular formula is C72H92N8O4. The van der Waals surface area contributed by atoms with Gasteiger partial charge in [-0.25, -0.2) is 0 Å². The Balaban J connectivity index is 0.000000107. The molecule has 16 rings (SSSR count). The lowest BCUT2D eigenvalue weighted by Crippen LogP contribution is -2.51. The fourth-order valence-electron chi connectivity index (χ4n) is 17.8. The lowest BCUT2D eigenvalue weighted by atomic mass is 9.62. The number of nitrogens with zero attached hydrogens (tertiary/aromatic N) is 6. The molecule has 2 saturated heterocycles. The quantitative estimate of drug-likeness (QED) is 0.158. The summed E-state index contributed by atoms with van der Waals surface area (Å²) in [5.41, 5.74) is 17.1. The standard InChI is InChI=1S/2C22H28N2O2.2C14H18N2/c2*1-13-7-8-14-12-24-10-9-16-15-5-3-4-6-18(15)23-21(16)19(24)11-17(14)20(13)22(25)26-2;2*1-11-14-7-3-2-5-12(14)9-16(11)10-13-6-4-8-15-13/h2*3-6,13-14,17,19-20,23H,7-12H2,1-2H3;2*2-3,5,7,11H,4,6,8-10H2,1H3/t13-,14+,17-,19-,20+;13-,14-,17-,19-,20-;11-;/m001./s1. The normalized spacial score (nSPS) is 30.4. The van der Waals surface area contributed by atoms with Gasteiger partial charge in [0.2, 0.25) is 0 Å². The third-order valence-corrected chi connectivity index (χ3v) is 22.3. The molecule has 12 atom stereocenters. The van der Waals surface area contributed by atoms with Gasteiger partial charge in [-0.05, 0) is 172 Å². The number of carbonyl (C=O) groups is 2. The van der Waals surface area contributed by atoms with Crippen molar-refractivity contribution >= 4 is 45.2 Å². The Hall–Kier alpha value is -5.92. The number of H-pyrrole nitrogens is 2. The maximum atomic E-state index is 12.5. The van der Waals surface area contributed by atoms with Gasteiger partial charge in [-0.2, -0.15) is 0 Å². The average Bonchev–Trinajstić information content (AvgIpc) is 3.23. The van der Waals surface area contributed by atoms with Gasteiger partial charge < -0.3 is 19.4 Å². The summed E-state index contributed by atoms with van der Waals surface area (Å²) in [4.78, 5) is 52.1. The predicted octanol–water partition coefficient (Wildman–Crippen LogP) is 13.4. The van der Waals surface area contributed by atoms with Gasteiger partial charge in [-0.15, -0.1) is 0 Å². The smallest absolute Gasteiger partial charge is 0.309 e. The second kappa shape index (κ2) is 24.8. The highest BCUT2D eigenvalue weighted by atomic mass is 16.5. The van der Waals surface area contributed by atoms with Crippen LogP contribution in [-0.2, 0) is 45.0 Å².